The highest BCUT2D eigenvalue weighted by Crippen LogP contribution is 2.42. The summed E-state index contributed by atoms with van der Waals surface area (Å²) in [6, 6.07) is 10.1. The monoisotopic (exact) mass is 450 g/mol. The second-order valence-electron chi connectivity index (χ2n) is 8.19. The Hall–Kier alpha value is -2.63. The lowest BCUT2D eigenvalue weighted by molar-refractivity contribution is -0.275. The Kier molecular flexibility index (Phi) is 7.75. The minimum absolute atomic E-state index is 0.324. The zero-order valence-electron chi connectivity index (χ0n) is 18.0. The SMILES string of the molecule is CCCCCCCC1(c2ccc(OC(F)(F)F)c(F)c2)C=CC(c2ccccc2F)=CC1. The van der Waals surface area contributed by atoms with E-state index in [1.807, 2.05) is 18.2 Å². The summed E-state index contributed by atoms with van der Waals surface area (Å²) < 4.78 is 70.0. The molecule has 1 aliphatic rings. The summed E-state index contributed by atoms with van der Waals surface area (Å²) in [4.78, 5) is 0. The van der Waals surface area contributed by atoms with Crippen molar-refractivity contribution in [2.75, 3.05) is 0 Å². The zero-order chi connectivity index (χ0) is 23.2. The third-order valence-electron chi connectivity index (χ3n) is 5.91. The lowest BCUT2D eigenvalue weighted by Crippen LogP contribution is -2.25. The van der Waals surface area contributed by atoms with Crippen LogP contribution in [0.4, 0.5) is 22.0 Å². The van der Waals surface area contributed by atoms with Crippen molar-refractivity contribution in [2.45, 2.75) is 63.6 Å². The van der Waals surface area contributed by atoms with E-state index in [9.17, 15) is 22.0 Å². The number of ether oxygens (including phenoxy) is 1. The molecule has 172 valence electrons. The third-order valence-corrected chi connectivity index (χ3v) is 5.91. The Balaban J connectivity index is 1.87. The van der Waals surface area contributed by atoms with Crippen molar-refractivity contribution >= 4 is 5.57 Å². The van der Waals surface area contributed by atoms with E-state index >= 15 is 0 Å². The fourth-order valence-corrected chi connectivity index (χ4v) is 4.18. The highest BCUT2D eigenvalue weighted by atomic mass is 19.4. The zero-order valence-corrected chi connectivity index (χ0v) is 18.0. The molecule has 0 fully saturated rings. The standard InChI is InChI=1S/C26H27F5O/c1-2-3-4-5-8-15-25(20-11-12-24(23(28)18-20)32-26(29,30)31)16-13-19(14-17-25)21-9-6-7-10-22(21)27/h6-7,9-14,16,18H,2-5,8,15,17H2,1H3. The van der Waals surface area contributed by atoms with Crippen LogP contribution in [0.15, 0.2) is 60.7 Å². The lowest BCUT2D eigenvalue weighted by Gasteiger charge is -2.34. The van der Waals surface area contributed by atoms with Crippen LogP contribution in [0.25, 0.3) is 5.57 Å². The van der Waals surface area contributed by atoms with Gasteiger partial charge in [-0.2, -0.15) is 0 Å². The van der Waals surface area contributed by atoms with Gasteiger partial charge >= 0.3 is 6.36 Å². The molecule has 0 saturated carbocycles. The van der Waals surface area contributed by atoms with Gasteiger partial charge in [0.2, 0.25) is 0 Å². The van der Waals surface area contributed by atoms with E-state index in [1.54, 1.807) is 18.2 Å². The lowest BCUT2D eigenvalue weighted by atomic mass is 9.70. The summed E-state index contributed by atoms with van der Waals surface area (Å²) in [5, 5.41) is 0. The van der Waals surface area contributed by atoms with Crippen LogP contribution in [0.5, 0.6) is 5.75 Å². The van der Waals surface area contributed by atoms with Gasteiger partial charge in [-0.15, -0.1) is 13.2 Å². The van der Waals surface area contributed by atoms with Crippen LogP contribution in [0.3, 0.4) is 0 Å². The van der Waals surface area contributed by atoms with Crippen LogP contribution in [-0.2, 0) is 5.41 Å². The maximum absolute atomic E-state index is 14.5. The fourth-order valence-electron chi connectivity index (χ4n) is 4.18. The van der Waals surface area contributed by atoms with Crippen LogP contribution in [-0.4, -0.2) is 6.36 Å². The summed E-state index contributed by atoms with van der Waals surface area (Å²) in [5.74, 6) is -2.22. The molecule has 3 rings (SSSR count). The summed E-state index contributed by atoms with van der Waals surface area (Å²) >= 11 is 0. The van der Waals surface area contributed by atoms with E-state index in [2.05, 4.69) is 11.7 Å². The quantitative estimate of drug-likeness (QED) is 0.275. The van der Waals surface area contributed by atoms with Crippen LogP contribution >= 0.6 is 0 Å². The molecule has 1 atom stereocenters. The number of hydrogen-bond donors (Lipinski definition) is 0. The van der Waals surface area contributed by atoms with Crippen molar-refractivity contribution in [3.8, 4) is 5.75 Å². The maximum atomic E-state index is 14.5. The van der Waals surface area contributed by atoms with Gasteiger partial charge in [-0.25, -0.2) is 8.78 Å². The molecule has 1 aliphatic carbocycles. The summed E-state index contributed by atoms with van der Waals surface area (Å²) in [5.41, 5.74) is 1.24. The van der Waals surface area contributed by atoms with Crippen molar-refractivity contribution in [1.82, 2.24) is 0 Å². The number of rotatable bonds is 9. The van der Waals surface area contributed by atoms with Crippen molar-refractivity contribution in [1.29, 1.82) is 0 Å². The van der Waals surface area contributed by atoms with Crippen LogP contribution < -0.4 is 4.74 Å². The molecule has 0 aliphatic heterocycles. The summed E-state index contributed by atoms with van der Waals surface area (Å²) in [6.07, 6.45) is 7.21. The molecule has 0 amide bonds. The molecule has 0 saturated heterocycles. The average Bonchev–Trinajstić information content (AvgIpc) is 2.75. The Morgan fingerprint density at radius 3 is 2.31 bits per heavy atom. The van der Waals surface area contributed by atoms with Crippen LogP contribution in [0.1, 0.15) is 63.0 Å². The molecular formula is C26H27F5O. The summed E-state index contributed by atoms with van der Waals surface area (Å²) in [6.45, 7) is 2.13. The van der Waals surface area contributed by atoms with Crippen molar-refractivity contribution in [2.24, 2.45) is 0 Å². The van der Waals surface area contributed by atoms with Gasteiger partial charge < -0.3 is 4.74 Å². The first-order valence-corrected chi connectivity index (χ1v) is 10.9. The predicted octanol–water partition coefficient (Wildman–Crippen LogP) is 8.51. The molecule has 1 nitrogen and oxygen atoms in total. The first-order valence-electron chi connectivity index (χ1n) is 10.9. The molecule has 0 spiro atoms. The highest BCUT2D eigenvalue weighted by molar-refractivity contribution is 5.76. The number of halogens is 5. The van der Waals surface area contributed by atoms with Gasteiger partial charge in [-0.1, -0.05) is 81.5 Å². The molecular weight excluding hydrogens is 423 g/mol. The van der Waals surface area contributed by atoms with E-state index in [0.717, 1.165) is 49.8 Å². The topological polar surface area (TPSA) is 9.23 Å². The van der Waals surface area contributed by atoms with E-state index in [4.69, 9.17) is 0 Å². The van der Waals surface area contributed by atoms with Gasteiger partial charge in [0.25, 0.3) is 0 Å². The molecule has 2 aromatic carbocycles. The first kappa shape index (κ1) is 24.0. The van der Waals surface area contributed by atoms with Gasteiger partial charge in [-0.3, -0.25) is 0 Å². The number of allylic oxidation sites excluding steroid dienone is 4. The second-order valence-corrected chi connectivity index (χ2v) is 8.19. The number of alkyl halides is 3. The Labute approximate surface area is 185 Å². The van der Waals surface area contributed by atoms with E-state index in [0.29, 0.717) is 24.0 Å². The van der Waals surface area contributed by atoms with Gasteiger partial charge in [0.1, 0.15) is 5.82 Å². The molecule has 1 unspecified atom stereocenters. The maximum Gasteiger partial charge on any atom is 0.573 e. The number of benzene rings is 2. The Morgan fingerprint density at radius 1 is 0.938 bits per heavy atom. The van der Waals surface area contributed by atoms with E-state index in [1.165, 1.54) is 12.1 Å². The molecule has 2 aromatic rings. The molecule has 0 aromatic heterocycles. The first-order chi connectivity index (χ1) is 15.2. The van der Waals surface area contributed by atoms with E-state index in [-0.39, 0.29) is 5.82 Å². The van der Waals surface area contributed by atoms with E-state index < -0.39 is 23.3 Å². The average molecular weight is 450 g/mol. The number of hydrogen-bond acceptors (Lipinski definition) is 1. The largest absolute Gasteiger partial charge is 0.573 e. The predicted molar refractivity (Wildman–Crippen MR) is 116 cm³/mol. The minimum Gasteiger partial charge on any atom is -0.403 e. The summed E-state index contributed by atoms with van der Waals surface area (Å²) in [7, 11) is 0. The molecule has 6 heteroatoms. The van der Waals surface area contributed by atoms with Gasteiger partial charge in [0, 0.05) is 11.0 Å². The molecule has 0 bridgehead atoms. The second kappa shape index (κ2) is 10.3. The normalized spacial score (nSPS) is 18.5. The third kappa shape index (κ3) is 5.99. The smallest absolute Gasteiger partial charge is 0.403 e. The number of unbranched alkanes of at least 4 members (excludes halogenated alkanes) is 4. The minimum atomic E-state index is -4.96. The van der Waals surface area contributed by atoms with Crippen molar-refractivity contribution < 1.29 is 26.7 Å². The molecule has 32 heavy (non-hydrogen) atoms. The highest BCUT2D eigenvalue weighted by Gasteiger charge is 2.34. The Bertz CT molecular complexity index is 976. The Morgan fingerprint density at radius 2 is 1.69 bits per heavy atom. The molecule has 0 N–H and O–H groups in total. The fraction of sp³-hybridized carbons (Fsp3) is 0.385. The van der Waals surface area contributed by atoms with Crippen LogP contribution in [0, 0.1) is 11.6 Å². The van der Waals surface area contributed by atoms with Crippen molar-refractivity contribution in [3.63, 3.8) is 0 Å². The molecule has 0 radical (unpaired) electrons. The molecule has 0 heterocycles. The van der Waals surface area contributed by atoms with Gasteiger partial charge in [0.15, 0.2) is 11.6 Å². The van der Waals surface area contributed by atoms with Crippen molar-refractivity contribution in [3.05, 3.63) is 83.5 Å². The van der Waals surface area contributed by atoms with Gasteiger partial charge in [0.05, 0.1) is 0 Å². The van der Waals surface area contributed by atoms with Crippen LogP contribution in [0.2, 0.25) is 0 Å². The van der Waals surface area contributed by atoms with Gasteiger partial charge in [-0.05, 0) is 42.2 Å².